The fraction of sp³-hybridized carbons (Fsp3) is 0.476. The number of para-hydroxylation sites is 1. The summed E-state index contributed by atoms with van der Waals surface area (Å²) < 4.78 is 5.35. The first-order valence-corrected chi connectivity index (χ1v) is 9.30. The lowest BCUT2D eigenvalue weighted by molar-refractivity contribution is -0.124. The molecule has 1 aromatic heterocycles. The Morgan fingerprint density at radius 3 is 2.85 bits per heavy atom. The number of carbonyl (C=O) groups excluding carboxylic acids is 2. The first-order chi connectivity index (χ1) is 12.5. The van der Waals surface area contributed by atoms with E-state index in [0.717, 1.165) is 41.4 Å². The van der Waals surface area contributed by atoms with Crippen LogP contribution in [0, 0.1) is 11.8 Å². The molecule has 0 spiro atoms. The molecule has 138 valence electrons. The van der Waals surface area contributed by atoms with E-state index in [1.54, 1.807) is 0 Å². The summed E-state index contributed by atoms with van der Waals surface area (Å²) in [6.07, 6.45) is 2.76. The highest BCUT2D eigenvalue weighted by molar-refractivity contribution is 6.05. The zero-order valence-electron chi connectivity index (χ0n) is 15.7. The number of esters is 1. The number of rotatable bonds is 5. The molecule has 0 saturated heterocycles. The van der Waals surface area contributed by atoms with Crippen molar-refractivity contribution in [3.8, 4) is 0 Å². The van der Waals surface area contributed by atoms with Gasteiger partial charge in [0.25, 0.3) is 5.91 Å². The molecule has 5 nitrogen and oxygen atoms in total. The van der Waals surface area contributed by atoms with Crippen LogP contribution in [0.2, 0.25) is 0 Å². The molecule has 1 amide bonds. The molecule has 1 heterocycles. The van der Waals surface area contributed by atoms with Crippen molar-refractivity contribution in [3.05, 3.63) is 41.1 Å². The maximum absolute atomic E-state index is 12.8. The Labute approximate surface area is 154 Å². The van der Waals surface area contributed by atoms with Gasteiger partial charge in [0.2, 0.25) is 0 Å². The Morgan fingerprint density at radius 1 is 1.31 bits per heavy atom. The van der Waals surface area contributed by atoms with Gasteiger partial charge in [-0.2, -0.15) is 0 Å². The summed E-state index contributed by atoms with van der Waals surface area (Å²) in [5.41, 5.74) is 3.35. The van der Waals surface area contributed by atoms with Crippen LogP contribution in [-0.2, 0) is 22.4 Å². The fourth-order valence-corrected chi connectivity index (χ4v) is 3.37. The van der Waals surface area contributed by atoms with Crippen LogP contribution in [0.25, 0.3) is 10.9 Å². The van der Waals surface area contributed by atoms with Gasteiger partial charge in [-0.1, -0.05) is 39.0 Å². The molecule has 0 aliphatic heterocycles. The number of hydrogen-bond donors (Lipinski definition) is 1. The van der Waals surface area contributed by atoms with Gasteiger partial charge in [0.1, 0.15) is 0 Å². The van der Waals surface area contributed by atoms with Gasteiger partial charge in [0.15, 0.2) is 6.61 Å². The number of aromatic nitrogens is 1. The summed E-state index contributed by atoms with van der Waals surface area (Å²) in [7, 11) is 0. The van der Waals surface area contributed by atoms with E-state index < -0.39 is 5.97 Å². The summed E-state index contributed by atoms with van der Waals surface area (Å²) in [5, 5.41) is 3.57. The van der Waals surface area contributed by atoms with Gasteiger partial charge in [-0.25, -0.2) is 4.79 Å². The Balaban J connectivity index is 1.87. The quantitative estimate of drug-likeness (QED) is 0.837. The molecule has 26 heavy (non-hydrogen) atoms. The van der Waals surface area contributed by atoms with Crippen LogP contribution in [0.4, 0.5) is 0 Å². The SMILES string of the molecule is CC(C)CNC(=O)COC(=O)c1c2c(nc3ccccc13)CC[C@H](C)C2. The van der Waals surface area contributed by atoms with Crippen LogP contribution in [0.1, 0.15) is 48.8 Å². The topological polar surface area (TPSA) is 68.3 Å². The van der Waals surface area contributed by atoms with E-state index in [1.807, 2.05) is 38.1 Å². The number of aryl methyl sites for hydroxylation is 1. The molecule has 2 aromatic rings. The van der Waals surface area contributed by atoms with Crippen LogP contribution in [0.3, 0.4) is 0 Å². The number of pyridine rings is 1. The molecule has 3 rings (SSSR count). The van der Waals surface area contributed by atoms with Gasteiger partial charge < -0.3 is 10.1 Å². The van der Waals surface area contributed by atoms with Crippen LogP contribution in [0.15, 0.2) is 24.3 Å². The number of nitrogens with one attached hydrogen (secondary N) is 1. The molecule has 1 aliphatic rings. The van der Waals surface area contributed by atoms with Gasteiger partial charge in [0.05, 0.1) is 11.1 Å². The van der Waals surface area contributed by atoms with Crippen molar-refractivity contribution in [1.82, 2.24) is 10.3 Å². The first-order valence-electron chi connectivity index (χ1n) is 9.30. The largest absolute Gasteiger partial charge is 0.452 e. The van der Waals surface area contributed by atoms with Crippen molar-refractivity contribution in [2.75, 3.05) is 13.2 Å². The number of benzene rings is 1. The number of hydrogen-bond acceptors (Lipinski definition) is 4. The number of amides is 1. The van der Waals surface area contributed by atoms with Crippen molar-refractivity contribution in [2.45, 2.75) is 40.0 Å². The molecule has 1 atom stereocenters. The molecule has 1 N–H and O–H groups in total. The van der Waals surface area contributed by atoms with E-state index in [0.29, 0.717) is 23.9 Å². The second-order valence-corrected chi connectivity index (χ2v) is 7.55. The Bertz CT molecular complexity index is 829. The zero-order chi connectivity index (χ0) is 18.7. The van der Waals surface area contributed by atoms with Gasteiger partial charge in [-0.3, -0.25) is 9.78 Å². The minimum atomic E-state index is -0.436. The Morgan fingerprint density at radius 2 is 2.08 bits per heavy atom. The molecule has 0 unspecified atom stereocenters. The lowest BCUT2D eigenvalue weighted by Crippen LogP contribution is -2.32. The molecule has 0 bridgehead atoms. The second kappa shape index (κ2) is 7.85. The van der Waals surface area contributed by atoms with Crippen molar-refractivity contribution >= 4 is 22.8 Å². The third kappa shape index (κ3) is 4.03. The van der Waals surface area contributed by atoms with Crippen LogP contribution in [0.5, 0.6) is 0 Å². The normalized spacial score (nSPS) is 16.4. The maximum Gasteiger partial charge on any atom is 0.339 e. The molecular weight excluding hydrogens is 328 g/mol. The van der Waals surface area contributed by atoms with Crippen molar-refractivity contribution < 1.29 is 14.3 Å². The number of fused-ring (bicyclic) bond motifs is 2. The average molecular weight is 354 g/mol. The van der Waals surface area contributed by atoms with Gasteiger partial charge >= 0.3 is 5.97 Å². The maximum atomic E-state index is 12.8. The zero-order valence-corrected chi connectivity index (χ0v) is 15.7. The van der Waals surface area contributed by atoms with Gasteiger partial charge in [-0.15, -0.1) is 0 Å². The molecule has 0 radical (unpaired) electrons. The molecule has 5 heteroatoms. The van der Waals surface area contributed by atoms with Crippen molar-refractivity contribution in [3.63, 3.8) is 0 Å². The highest BCUT2D eigenvalue weighted by Gasteiger charge is 2.26. The first kappa shape index (κ1) is 18.4. The van der Waals surface area contributed by atoms with Crippen LogP contribution < -0.4 is 5.32 Å². The molecule has 1 aromatic carbocycles. The highest BCUT2D eigenvalue weighted by atomic mass is 16.5. The number of ether oxygens (including phenoxy) is 1. The molecule has 1 aliphatic carbocycles. The summed E-state index contributed by atoms with van der Waals surface area (Å²) in [4.78, 5) is 29.5. The highest BCUT2D eigenvalue weighted by Crippen LogP contribution is 2.31. The van der Waals surface area contributed by atoms with Gasteiger partial charge in [-0.05, 0) is 42.7 Å². The Hall–Kier alpha value is -2.43. The Kier molecular flexibility index (Phi) is 5.55. The summed E-state index contributed by atoms with van der Waals surface area (Å²) in [6, 6.07) is 7.63. The van der Waals surface area contributed by atoms with Crippen molar-refractivity contribution in [2.24, 2.45) is 11.8 Å². The molecule has 0 saturated carbocycles. The minimum absolute atomic E-state index is 0.257. The summed E-state index contributed by atoms with van der Waals surface area (Å²) in [6.45, 7) is 6.53. The van der Waals surface area contributed by atoms with Crippen LogP contribution >= 0.6 is 0 Å². The summed E-state index contributed by atoms with van der Waals surface area (Å²) >= 11 is 0. The predicted molar refractivity (Wildman–Crippen MR) is 101 cm³/mol. The molecule has 0 fully saturated rings. The third-order valence-corrected chi connectivity index (χ3v) is 4.75. The average Bonchev–Trinajstić information content (AvgIpc) is 2.62. The van der Waals surface area contributed by atoms with Crippen molar-refractivity contribution in [1.29, 1.82) is 0 Å². The minimum Gasteiger partial charge on any atom is -0.452 e. The summed E-state index contributed by atoms with van der Waals surface area (Å²) in [5.74, 6) is 0.153. The second-order valence-electron chi connectivity index (χ2n) is 7.55. The smallest absolute Gasteiger partial charge is 0.339 e. The van der Waals surface area contributed by atoms with E-state index >= 15 is 0 Å². The monoisotopic (exact) mass is 354 g/mol. The lowest BCUT2D eigenvalue weighted by atomic mass is 9.84. The third-order valence-electron chi connectivity index (χ3n) is 4.75. The fourth-order valence-electron chi connectivity index (χ4n) is 3.37. The van der Waals surface area contributed by atoms with Gasteiger partial charge in [0, 0.05) is 17.6 Å². The lowest BCUT2D eigenvalue weighted by Gasteiger charge is -2.24. The standard InChI is InChI=1S/C21H26N2O3/c1-13(2)11-22-19(24)12-26-21(25)20-15-6-4-5-7-17(15)23-18-9-8-14(3)10-16(18)20/h4-7,13-14H,8-12H2,1-3H3,(H,22,24)/t14-/m0/s1. The van der Waals surface area contributed by atoms with E-state index in [4.69, 9.17) is 9.72 Å². The van der Waals surface area contributed by atoms with E-state index in [9.17, 15) is 9.59 Å². The number of nitrogens with zero attached hydrogens (tertiary/aromatic N) is 1. The van der Waals surface area contributed by atoms with E-state index in [2.05, 4.69) is 12.2 Å². The molecular formula is C21H26N2O3. The van der Waals surface area contributed by atoms with E-state index in [-0.39, 0.29) is 12.5 Å². The van der Waals surface area contributed by atoms with Crippen LogP contribution in [-0.4, -0.2) is 30.0 Å². The number of carbonyl (C=O) groups is 2. The predicted octanol–water partition coefficient (Wildman–Crippen LogP) is 3.29. The van der Waals surface area contributed by atoms with E-state index in [1.165, 1.54) is 0 Å².